The van der Waals surface area contributed by atoms with Gasteiger partial charge in [0.05, 0.1) is 5.56 Å². The van der Waals surface area contributed by atoms with Crippen LogP contribution in [0.3, 0.4) is 0 Å². The minimum Gasteiger partial charge on any atom is -0.338 e. The fourth-order valence-electron chi connectivity index (χ4n) is 2.24. The first kappa shape index (κ1) is 20.9. The predicted molar refractivity (Wildman–Crippen MR) is 81.7 cm³/mol. The van der Waals surface area contributed by atoms with Crippen LogP contribution in [0, 0.1) is 0 Å². The monoisotopic (exact) mass is 359 g/mol. The summed E-state index contributed by atoms with van der Waals surface area (Å²) in [5, 5.41) is 3.15. The van der Waals surface area contributed by atoms with Crippen molar-refractivity contribution in [3.05, 3.63) is 29.6 Å². The lowest BCUT2D eigenvalue weighted by atomic mass is 10.0. The molecule has 1 saturated heterocycles. The first-order valence-electron chi connectivity index (χ1n) is 6.41. The van der Waals surface area contributed by atoms with Crippen molar-refractivity contribution in [2.75, 3.05) is 20.1 Å². The maximum absolute atomic E-state index is 12.4. The van der Waals surface area contributed by atoms with Crippen LogP contribution in [0.25, 0.3) is 0 Å². The lowest BCUT2D eigenvalue weighted by molar-refractivity contribution is -0.141. The molecule has 0 unspecified atom stereocenters. The van der Waals surface area contributed by atoms with E-state index in [9.17, 15) is 18.0 Å². The fraction of sp³-hybridized carbons (Fsp3) is 0.538. The summed E-state index contributed by atoms with van der Waals surface area (Å²) in [5.74, 6) is -0.263. The summed E-state index contributed by atoms with van der Waals surface area (Å²) in [6, 6.07) is 2.42. The van der Waals surface area contributed by atoms with Crippen LogP contribution in [-0.4, -0.2) is 42.0 Å². The fourth-order valence-corrected chi connectivity index (χ4v) is 2.24. The molecular formula is C13H18Cl2F3N3O. The Hall–Kier alpha value is -1.05. The van der Waals surface area contributed by atoms with Crippen molar-refractivity contribution < 1.29 is 18.0 Å². The molecule has 1 aliphatic rings. The smallest absolute Gasteiger partial charge is 0.338 e. The largest absolute Gasteiger partial charge is 0.433 e. The number of amides is 1. The van der Waals surface area contributed by atoms with Gasteiger partial charge in [0.25, 0.3) is 5.91 Å². The number of hydrogen-bond donors (Lipinski definition) is 1. The van der Waals surface area contributed by atoms with Crippen LogP contribution in [-0.2, 0) is 6.18 Å². The molecule has 1 amide bonds. The zero-order valence-corrected chi connectivity index (χ0v) is 13.5. The van der Waals surface area contributed by atoms with Gasteiger partial charge in [0.1, 0.15) is 5.69 Å². The molecule has 9 heteroatoms. The lowest BCUT2D eigenvalue weighted by Crippen LogP contribution is -2.44. The third kappa shape index (κ3) is 5.00. The quantitative estimate of drug-likeness (QED) is 0.882. The van der Waals surface area contributed by atoms with Gasteiger partial charge in [-0.05, 0) is 32.0 Å². The maximum Gasteiger partial charge on any atom is 0.433 e. The molecule has 22 heavy (non-hydrogen) atoms. The summed E-state index contributed by atoms with van der Waals surface area (Å²) in [4.78, 5) is 17.1. The molecule has 0 saturated carbocycles. The van der Waals surface area contributed by atoms with E-state index in [-0.39, 0.29) is 36.3 Å². The highest BCUT2D eigenvalue weighted by atomic mass is 35.5. The van der Waals surface area contributed by atoms with Gasteiger partial charge in [-0.15, -0.1) is 24.8 Å². The van der Waals surface area contributed by atoms with Crippen molar-refractivity contribution in [2.24, 2.45) is 0 Å². The Balaban J connectivity index is 0.00000220. The second-order valence-corrected chi connectivity index (χ2v) is 4.79. The van der Waals surface area contributed by atoms with E-state index in [1.807, 2.05) is 7.05 Å². The molecule has 1 aromatic heterocycles. The number of carbonyl (C=O) groups is 1. The Morgan fingerprint density at radius 1 is 1.27 bits per heavy atom. The van der Waals surface area contributed by atoms with Crippen molar-refractivity contribution >= 4 is 30.7 Å². The molecule has 1 aliphatic heterocycles. The first-order chi connectivity index (χ1) is 9.41. The minimum atomic E-state index is -4.48. The van der Waals surface area contributed by atoms with E-state index >= 15 is 0 Å². The highest BCUT2D eigenvalue weighted by Gasteiger charge is 2.32. The van der Waals surface area contributed by atoms with Gasteiger partial charge in [0.15, 0.2) is 0 Å². The number of alkyl halides is 3. The molecule has 0 bridgehead atoms. The maximum atomic E-state index is 12.4. The first-order valence-corrected chi connectivity index (χ1v) is 6.41. The molecule has 1 aromatic rings. The highest BCUT2D eigenvalue weighted by molar-refractivity contribution is 5.94. The van der Waals surface area contributed by atoms with E-state index in [1.165, 1.54) is 6.07 Å². The number of hydrogen-bond acceptors (Lipinski definition) is 3. The van der Waals surface area contributed by atoms with Gasteiger partial charge in [-0.2, -0.15) is 13.2 Å². The van der Waals surface area contributed by atoms with Crippen LogP contribution in [0.1, 0.15) is 28.9 Å². The Bertz CT molecular complexity index is 474. The Kier molecular flexibility index (Phi) is 8.14. The van der Waals surface area contributed by atoms with Gasteiger partial charge < -0.3 is 10.2 Å². The van der Waals surface area contributed by atoms with Crippen LogP contribution < -0.4 is 5.32 Å². The SMILES string of the molecule is CNC1CCN(C(=O)c2ccc(C(F)(F)F)nc2)CC1.Cl.Cl. The van der Waals surface area contributed by atoms with Gasteiger partial charge >= 0.3 is 6.18 Å². The predicted octanol–water partition coefficient (Wildman–Crippen LogP) is 2.77. The van der Waals surface area contributed by atoms with Gasteiger partial charge in [0.2, 0.25) is 0 Å². The standard InChI is InChI=1S/C13H16F3N3O.2ClH/c1-17-10-4-6-19(7-5-10)12(20)9-2-3-11(18-8-9)13(14,15)16;;/h2-3,8,10,17H,4-7H2,1H3;2*1H. The van der Waals surface area contributed by atoms with E-state index in [0.29, 0.717) is 19.1 Å². The minimum absolute atomic E-state index is 0. The van der Waals surface area contributed by atoms with Crippen molar-refractivity contribution in [3.8, 4) is 0 Å². The molecule has 2 rings (SSSR count). The third-order valence-corrected chi connectivity index (χ3v) is 3.49. The number of piperidine rings is 1. The number of nitrogens with one attached hydrogen (secondary N) is 1. The molecular weight excluding hydrogens is 342 g/mol. The third-order valence-electron chi connectivity index (χ3n) is 3.49. The molecule has 0 radical (unpaired) electrons. The molecule has 1 N–H and O–H groups in total. The van der Waals surface area contributed by atoms with Crippen LogP contribution in [0.5, 0.6) is 0 Å². The number of likely N-dealkylation sites (tertiary alicyclic amines) is 1. The zero-order valence-electron chi connectivity index (χ0n) is 11.9. The lowest BCUT2D eigenvalue weighted by Gasteiger charge is -2.31. The number of aromatic nitrogens is 1. The summed E-state index contributed by atoms with van der Waals surface area (Å²) >= 11 is 0. The van der Waals surface area contributed by atoms with Crippen LogP contribution in [0.2, 0.25) is 0 Å². The summed E-state index contributed by atoms with van der Waals surface area (Å²) in [5.41, 5.74) is -0.788. The zero-order chi connectivity index (χ0) is 14.8. The summed E-state index contributed by atoms with van der Waals surface area (Å²) < 4.78 is 37.2. The average molecular weight is 360 g/mol. The second kappa shape index (κ2) is 8.55. The van der Waals surface area contributed by atoms with Gasteiger partial charge in [-0.1, -0.05) is 0 Å². The molecule has 0 aliphatic carbocycles. The molecule has 0 atom stereocenters. The van der Waals surface area contributed by atoms with E-state index in [2.05, 4.69) is 10.3 Å². The van der Waals surface area contributed by atoms with Gasteiger partial charge in [-0.25, -0.2) is 0 Å². The molecule has 1 fully saturated rings. The molecule has 0 spiro atoms. The Morgan fingerprint density at radius 3 is 2.27 bits per heavy atom. The highest BCUT2D eigenvalue weighted by Crippen LogP contribution is 2.27. The van der Waals surface area contributed by atoms with Crippen LogP contribution in [0.15, 0.2) is 18.3 Å². The molecule has 0 aromatic carbocycles. The van der Waals surface area contributed by atoms with Crippen molar-refractivity contribution in [1.82, 2.24) is 15.2 Å². The molecule has 126 valence electrons. The van der Waals surface area contributed by atoms with Gasteiger partial charge in [-0.3, -0.25) is 9.78 Å². The summed E-state index contributed by atoms with van der Waals surface area (Å²) in [7, 11) is 1.88. The number of nitrogens with zero attached hydrogens (tertiary/aromatic N) is 2. The van der Waals surface area contributed by atoms with Crippen molar-refractivity contribution in [2.45, 2.75) is 25.1 Å². The topological polar surface area (TPSA) is 45.2 Å². The van der Waals surface area contributed by atoms with E-state index in [0.717, 1.165) is 25.1 Å². The second-order valence-electron chi connectivity index (χ2n) is 4.79. The normalized spacial score (nSPS) is 15.7. The summed E-state index contributed by atoms with van der Waals surface area (Å²) in [6.45, 7) is 1.21. The summed E-state index contributed by atoms with van der Waals surface area (Å²) in [6.07, 6.45) is -1.80. The number of carbonyl (C=O) groups excluding carboxylic acids is 1. The molecule has 2 heterocycles. The van der Waals surface area contributed by atoms with Crippen LogP contribution in [0.4, 0.5) is 13.2 Å². The van der Waals surface area contributed by atoms with E-state index in [1.54, 1.807) is 4.90 Å². The Morgan fingerprint density at radius 2 is 1.86 bits per heavy atom. The van der Waals surface area contributed by atoms with E-state index in [4.69, 9.17) is 0 Å². The average Bonchev–Trinajstić information content (AvgIpc) is 2.46. The van der Waals surface area contributed by atoms with Crippen molar-refractivity contribution in [1.29, 1.82) is 0 Å². The molecule has 4 nitrogen and oxygen atoms in total. The number of rotatable bonds is 2. The van der Waals surface area contributed by atoms with Gasteiger partial charge in [0, 0.05) is 25.3 Å². The van der Waals surface area contributed by atoms with E-state index < -0.39 is 11.9 Å². The Labute approximate surface area is 139 Å². The van der Waals surface area contributed by atoms with Crippen molar-refractivity contribution in [3.63, 3.8) is 0 Å². The van der Waals surface area contributed by atoms with Crippen LogP contribution >= 0.6 is 24.8 Å². The number of pyridine rings is 1. The number of halogens is 5.